The van der Waals surface area contributed by atoms with Crippen molar-refractivity contribution in [2.24, 2.45) is 0 Å². The highest BCUT2D eigenvalue weighted by Gasteiger charge is 2.12. The number of nitrogens with one attached hydrogen (secondary N) is 1. The minimum atomic E-state index is -0.820. The first-order valence-corrected chi connectivity index (χ1v) is 6.63. The van der Waals surface area contributed by atoms with Crippen molar-refractivity contribution >= 4 is 33.3 Å². The number of hydrogen-bond donors (Lipinski definition) is 2. The predicted molar refractivity (Wildman–Crippen MR) is 72.1 cm³/mol. The zero-order valence-corrected chi connectivity index (χ0v) is 11.1. The Bertz CT molecular complexity index is 567. The molecule has 0 bridgehead atoms. The van der Waals surface area contributed by atoms with E-state index in [4.69, 9.17) is 5.11 Å². The van der Waals surface area contributed by atoms with Crippen LogP contribution in [0.4, 0.5) is 5.82 Å². The molecule has 0 aliphatic heterocycles. The quantitative estimate of drug-likeness (QED) is 0.869. The van der Waals surface area contributed by atoms with Crippen LogP contribution >= 0.6 is 11.3 Å². The lowest BCUT2D eigenvalue weighted by Gasteiger charge is -2.12. The van der Waals surface area contributed by atoms with Crippen LogP contribution in [0.25, 0.3) is 10.2 Å². The Hall–Kier alpha value is -1.69. The highest BCUT2D eigenvalue weighted by atomic mass is 32.1. The number of carboxylic acids is 1. The summed E-state index contributed by atoms with van der Waals surface area (Å²) in [6.07, 6.45) is 2.54. The highest BCUT2D eigenvalue weighted by molar-refractivity contribution is 7.18. The van der Waals surface area contributed by atoms with Gasteiger partial charge >= 0.3 is 5.97 Å². The molecule has 0 aliphatic rings. The average molecular weight is 265 g/mol. The van der Waals surface area contributed by atoms with Gasteiger partial charge in [-0.1, -0.05) is 6.92 Å². The number of aryl methyl sites for hydroxylation is 1. The smallest absolute Gasteiger partial charge is 0.305 e. The van der Waals surface area contributed by atoms with Gasteiger partial charge in [-0.25, -0.2) is 9.97 Å². The molecule has 0 fully saturated rings. The lowest BCUT2D eigenvalue weighted by molar-refractivity contribution is -0.137. The first-order valence-electron chi connectivity index (χ1n) is 5.82. The molecule has 18 heavy (non-hydrogen) atoms. The number of aliphatic carboxylic acids is 1. The fraction of sp³-hybridized carbons (Fsp3) is 0.417. The summed E-state index contributed by atoms with van der Waals surface area (Å²) in [5.41, 5.74) is 0. The number of carbonyl (C=O) groups is 1. The lowest BCUT2D eigenvalue weighted by atomic mass is 10.2. The molecule has 0 aromatic carbocycles. The van der Waals surface area contributed by atoms with Crippen LogP contribution in [-0.4, -0.2) is 27.1 Å². The summed E-state index contributed by atoms with van der Waals surface area (Å²) in [6.45, 7) is 3.92. The Labute approximate surface area is 109 Å². The van der Waals surface area contributed by atoms with E-state index in [-0.39, 0.29) is 12.5 Å². The van der Waals surface area contributed by atoms with E-state index in [1.54, 1.807) is 11.3 Å². The number of anilines is 1. The van der Waals surface area contributed by atoms with E-state index < -0.39 is 5.97 Å². The number of fused-ring (bicyclic) bond motifs is 1. The molecule has 1 atom stereocenters. The molecular weight excluding hydrogens is 250 g/mol. The van der Waals surface area contributed by atoms with Gasteiger partial charge in [0, 0.05) is 10.9 Å². The Morgan fingerprint density at radius 1 is 1.56 bits per heavy atom. The number of nitrogens with zero attached hydrogens (tertiary/aromatic N) is 2. The molecule has 2 rings (SSSR count). The molecule has 0 spiro atoms. The standard InChI is InChI=1S/C12H15N3O2S/c1-3-8-5-9-11(13-6-14-12(9)18-8)15-7(2)4-10(16)17/h5-7H,3-4H2,1-2H3,(H,16,17)(H,13,14,15). The van der Waals surface area contributed by atoms with Crippen molar-refractivity contribution in [2.45, 2.75) is 32.7 Å². The molecule has 2 aromatic heterocycles. The Kier molecular flexibility index (Phi) is 3.76. The molecule has 96 valence electrons. The van der Waals surface area contributed by atoms with Gasteiger partial charge in [0.2, 0.25) is 0 Å². The minimum Gasteiger partial charge on any atom is -0.481 e. The van der Waals surface area contributed by atoms with E-state index in [2.05, 4.69) is 28.3 Å². The minimum absolute atomic E-state index is 0.0657. The maximum absolute atomic E-state index is 10.6. The van der Waals surface area contributed by atoms with E-state index in [1.807, 2.05) is 6.92 Å². The van der Waals surface area contributed by atoms with Gasteiger partial charge in [0.25, 0.3) is 0 Å². The van der Waals surface area contributed by atoms with Crippen LogP contribution in [0, 0.1) is 0 Å². The van der Waals surface area contributed by atoms with Crippen LogP contribution in [0.1, 0.15) is 25.1 Å². The first kappa shape index (κ1) is 12.8. The van der Waals surface area contributed by atoms with Crippen molar-refractivity contribution in [3.8, 4) is 0 Å². The summed E-state index contributed by atoms with van der Waals surface area (Å²) in [5.74, 6) is -0.107. The predicted octanol–water partition coefficient (Wildman–Crippen LogP) is 2.53. The molecule has 0 aliphatic carbocycles. The molecule has 1 unspecified atom stereocenters. The van der Waals surface area contributed by atoms with Gasteiger partial charge in [-0.3, -0.25) is 4.79 Å². The second kappa shape index (κ2) is 5.30. The van der Waals surface area contributed by atoms with Crippen molar-refractivity contribution in [1.82, 2.24) is 9.97 Å². The summed E-state index contributed by atoms with van der Waals surface area (Å²) < 4.78 is 0. The Morgan fingerprint density at radius 3 is 3.00 bits per heavy atom. The average Bonchev–Trinajstić information content (AvgIpc) is 2.72. The van der Waals surface area contributed by atoms with Gasteiger partial charge in [-0.2, -0.15) is 0 Å². The topological polar surface area (TPSA) is 75.1 Å². The largest absolute Gasteiger partial charge is 0.481 e. The molecular formula is C12H15N3O2S. The summed E-state index contributed by atoms with van der Waals surface area (Å²) in [4.78, 5) is 21.3. The third kappa shape index (κ3) is 2.76. The summed E-state index contributed by atoms with van der Waals surface area (Å²) >= 11 is 1.64. The number of carboxylic acid groups (broad SMARTS) is 1. The summed E-state index contributed by atoms with van der Waals surface area (Å²) in [7, 11) is 0. The van der Waals surface area contributed by atoms with Gasteiger partial charge in [0.15, 0.2) is 0 Å². The number of hydrogen-bond acceptors (Lipinski definition) is 5. The number of aromatic nitrogens is 2. The van der Waals surface area contributed by atoms with Crippen molar-refractivity contribution in [2.75, 3.05) is 5.32 Å². The van der Waals surface area contributed by atoms with Crippen LogP contribution in [0.5, 0.6) is 0 Å². The van der Waals surface area contributed by atoms with Crippen LogP contribution in [0.2, 0.25) is 0 Å². The number of thiophene rings is 1. The zero-order chi connectivity index (χ0) is 13.1. The summed E-state index contributed by atoms with van der Waals surface area (Å²) in [5, 5.41) is 12.8. The normalized spacial score (nSPS) is 12.6. The fourth-order valence-corrected chi connectivity index (χ4v) is 2.68. The van der Waals surface area contributed by atoms with Crippen LogP contribution in [-0.2, 0) is 11.2 Å². The monoisotopic (exact) mass is 265 g/mol. The Balaban J connectivity index is 2.27. The maximum atomic E-state index is 10.6. The van der Waals surface area contributed by atoms with E-state index in [0.717, 1.165) is 16.6 Å². The van der Waals surface area contributed by atoms with Crippen LogP contribution < -0.4 is 5.32 Å². The Morgan fingerprint density at radius 2 is 2.33 bits per heavy atom. The molecule has 6 heteroatoms. The van der Waals surface area contributed by atoms with E-state index in [0.29, 0.717) is 5.82 Å². The third-order valence-corrected chi connectivity index (χ3v) is 3.78. The SMILES string of the molecule is CCc1cc2c(NC(C)CC(=O)O)ncnc2s1. The number of rotatable bonds is 5. The molecule has 0 saturated heterocycles. The van der Waals surface area contributed by atoms with Crippen molar-refractivity contribution in [3.05, 3.63) is 17.3 Å². The third-order valence-electron chi connectivity index (χ3n) is 2.59. The molecule has 2 N–H and O–H groups in total. The maximum Gasteiger partial charge on any atom is 0.305 e. The second-order valence-corrected chi connectivity index (χ2v) is 5.27. The molecule has 2 heterocycles. The first-order chi connectivity index (χ1) is 8.60. The molecule has 0 saturated carbocycles. The molecule has 0 radical (unpaired) electrons. The van der Waals surface area contributed by atoms with Crippen molar-refractivity contribution < 1.29 is 9.90 Å². The van der Waals surface area contributed by atoms with Gasteiger partial charge in [-0.05, 0) is 19.4 Å². The van der Waals surface area contributed by atoms with E-state index in [1.165, 1.54) is 11.2 Å². The lowest BCUT2D eigenvalue weighted by Crippen LogP contribution is -2.20. The van der Waals surface area contributed by atoms with Crippen molar-refractivity contribution in [1.29, 1.82) is 0 Å². The van der Waals surface area contributed by atoms with E-state index in [9.17, 15) is 4.79 Å². The van der Waals surface area contributed by atoms with Gasteiger partial charge in [0.05, 0.1) is 11.8 Å². The van der Waals surface area contributed by atoms with Gasteiger partial charge in [-0.15, -0.1) is 11.3 Å². The van der Waals surface area contributed by atoms with E-state index >= 15 is 0 Å². The zero-order valence-electron chi connectivity index (χ0n) is 10.3. The molecule has 2 aromatic rings. The van der Waals surface area contributed by atoms with Crippen LogP contribution in [0.3, 0.4) is 0 Å². The van der Waals surface area contributed by atoms with Crippen molar-refractivity contribution in [3.63, 3.8) is 0 Å². The summed E-state index contributed by atoms with van der Waals surface area (Å²) in [6, 6.07) is 1.90. The second-order valence-electron chi connectivity index (χ2n) is 4.15. The highest BCUT2D eigenvalue weighted by Crippen LogP contribution is 2.28. The van der Waals surface area contributed by atoms with Gasteiger partial charge in [0.1, 0.15) is 17.0 Å². The molecule has 0 amide bonds. The molecule has 5 nitrogen and oxygen atoms in total. The van der Waals surface area contributed by atoms with Gasteiger partial charge < -0.3 is 10.4 Å². The van der Waals surface area contributed by atoms with Crippen LogP contribution in [0.15, 0.2) is 12.4 Å². The fourth-order valence-electron chi connectivity index (χ4n) is 1.74.